The van der Waals surface area contributed by atoms with Gasteiger partial charge in [0.2, 0.25) is 0 Å². The molecular formula is C17H24N2O3. The molecule has 2 rings (SSSR count). The Kier molecular flexibility index (Phi) is 5.95. The van der Waals surface area contributed by atoms with Gasteiger partial charge in [0, 0.05) is 11.6 Å². The number of ketones is 1. The lowest BCUT2D eigenvalue weighted by molar-refractivity contribution is -0.124. The number of benzene rings is 1. The molecule has 1 amide bonds. The van der Waals surface area contributed by atoms with E-state index in [2.05, 4.69) is 5.32 Å². The molecule has 22 heavy (non-hydrogen) atoms. The van der Waals surface area contributed by atoms with Gasteiger partial charge in [0.25, 0.3) is 5.91 Å². The number of carbonyl (C=O) groups excluding carboxylic acids is 2. The second-order valence-electron chi connectivity index (χ2n) is 5.83. The molecule has 120 valence electrons. The average Bonchev–Trinajstić information content (AvgIpc) is 2.53. The normalized spacial score (nSPS) is 21.2. The molecule has 0 aliphatic heterocycles. The molecule has 5 nitrogen and oxygen atoms in total. The Hall–Kier alpha value is -1.88. The standard InChI is InChI=1S/C17H24N2O3/c1-12(20)13-6-4-7-15(9-13)22-11-17(21)19-16-8-3-2-5-14(16)10-18/h4,6-7,9,14,16H,2-3,5,8,10-11,18H2,1H3,(H,19,21). The van der Waals surface area contributed by atoms with Gasteiger partial charge in [-0.05, 0) is 44.4 Å². The molecule has 1 saturated carbocycles. The van der Waals surface area contributed by atoms with Crippen molar-refractivity contribution in [2.24, 2.45) is 11.7 Å². The third kappa shape index (κ3) is 4.56. The molecule has 3 N–H and O–H groups in total. The second kappa shape index (κ2) is 7.94. The number of nitrogens with one attached hydrogen (secondary N) is 1. The Morgan fingerprint density at radius 3 is 2.82 bits per heavy atom. The molecule has 2 atom stereocenters. The topological polar surface area (TPSA) is 81.4 Å². The number of carbonyl (C=O) groups is 2. The van der Waals surface area contributed by atoms with Gasteiger partial charge >= 0.3 is 0 Å². The highest BCUT2D eigenvalue weighted by Crippen LogP contribution is 2.23. The highest BCUT2D eigenvalue weighted by molar-refractivity contribution is 5.94. The number of rotatable bonds is 6. The van der Waals surface area contributed by atoms with E-state index in [1.807, 2.05) is 0 Å². The molecule has 0 saturated heterocycles. The van der Waals surface area contributed by atoms with Gasteiger partial charge < -0.3 is 15.8 Å². The van der Waals surface area contributed by atoms with Crippen LogP contribution in [0.15, 0.2) is 24.3 Å². The molecule has 1 fully saturated rings. The van der Waals surface area contributed by atoms with Crippen LogP contribution in [0.25, 0.3) is 0 Å². The fourth-order valence-electron chi connectivity index (χ4n) is 2.88. The fourth-order valence-corrected chi connectivity index (χ4v) is 2.88. The van der Waals surface area contributed by atoms with Crippen LogP contribution in [0.4, 0.5) is 0 Å². The highest BCUT2D eigenvalue weighted by Gasteiger charge is 2.25. The first-order valence-corrected chi connectivity index (χ1v) is 7.83. The summed E-state index contributed by atoms with van der Waals surface area (Å²) in [4.78, 5) is 23.3. The molecule has 0 radical (unpaired) electrons. The van der Waals surface area contributed by atoms with Gasteiger partial charge in [-0.25, -0.2) is 0 Å². The van der Waals surface area contributed by atoms with Gasteiger partial charge in [-0.2, -0.15) is 0 Å². The number of Topliss-reactive ketones (excluding diaryl/α,β-unsaturated/α-hetero) is 1. The minimum Gasteiger partial charge on any atom is -0.484 e. The third-order valence-corrected chi connectivity index (χ3v) is 4.17. The van der Waals surface area contributed by atoms with Crippen molar-refractivity contribution < 1.29 is 14.3 Å². The highest BCUT2D eigenvalue weighted by atomic mass is 16.5. The predicted octanol–water partition coefficient (Wildman–Crippen LogP) is 1.90. The van der Waals surface area contributed by atoms with E-state index in [0.717, 1.165) is 19.3 Å². The van der Waals surface area contributed by atoms with E-state index in [4.69, 9.17) is 10.5 Å². The monoisotopic (exact) mass is 304 g/mol. The Morgan fingerprint density at radius 2 is 2.09 bits per heavy atom. The van der Waals surface area contributed by atoms with E-state index in [9.17, 15) is 9.59 Å². The molecule has 0 bridgehead atoms. The summed E-state index contributed by atoms with van der Waals surface area (Å²) in [6, 6.07) is 7.01. The lowest BCUT2D eigenvalue weighted by atomic mass is 9.84. The van der Waals surface area contributed by atoms with E-state index in [-0.39, 0.29) is 24.3 Å². The molecule has 1 aromatic carbocycles. The van der Waals surface area contributed by atoms with Crippen molar-refractivity contribution in [3.8, 4) is 5.75 Å². The van der Waals surface area contributed by atoms with E-state index in [0.29, 0.717) is 23.8 Å². The van der Waals surface area contributed by atoms with E-state index < -0.39 is 0 Å². The first-order valence-electron chi connectivity index (χ1n) is 7.83. The van der Waals surface area contributed by atoms with Gasteiger partial charge in [-0.1, -0.05) is 25.0 Å². The summed E-state index contributed by atoms with van der Waals surface area (Å²) in [6.07, 6.45) is 4.36. The molecule has 5 heteroatoms. The largest absolute Gasteiger partial charge is 0.484 e. The van der Waals surface area contributed by atoms with E-state index in [1.165, 1.54) is 13.3 Å². The molecule has 2 unspecified atom stereocenters. The van der Waals surface area contributed by atoms with Gasteiger partial charge in [0.15, 0.2) is 12.4 Å². The summed E-state index contributed by atoms with van der Waals surface area (Å²) in [5.41, 5.74) is 6.34. The van der Waals surface area contributed by atoms with Gasteiger partial charge in [-0.15, -0.1) is 0 Å². The molecule has 0 heterocycles. The van der Waals surface area contributed by atoms with E-state index >= 15 is 0 Å². The minimum absolute atomic E-state index is 0.0251. The quantitative estimate of drug-likeness (QED) is 0.787. The Bertz CT molecular complexity index is 530. The SMILES string of the molecule is CC(=O)c1cccc(OCC(=O)NC2CCCCC2CN)c1. The number of ether oxygens (including phenoxy) is 1. The number of nitrogens with two attached hydrogens (primary N) is 1. The average molecular weight is 304 g/mol. The predicted molar refractivity (Wildman–Crippen MR) is 84.9 cm³/mol. The van der Waals surface area contributed by atoms with E-state index in [1.54, 1.807) is 24.3 Å². The van der Waals surface area contributed by atoms with Crippen molar-refractivity contribution in [2.75, 3.05) is 13.2 Å². The lowest BCUT2D eigenvalue weighted by Crippen LogP contribution is -2.46. The van der Waals surface area contributed by atoms with Crippen LogP contribution >= 0.6 is 0 Å². The molecule has 1 aromatic rings. The van der Waals surface area contributed by atoms with Gasteiger partial charge in [0.05, 0.1) is 0 Å². The van der Waals surface area contributed by atoms with Crippen LogP contribution in [-0.2, 0) is 4.79 Å². The van der Waals surface area contributed by atoms with Crippen molar-refractivity contribution in [1.29, 1.82) is 0 Å². The van der Waals surface area contributed by atoms with Crippen LogP contribution in [0, 0.1) is 5.92 Å². The van der Waals surface area contributed by atoms with Crippen molar-refractivity contribution >= 4 is 11.7 Å². The molecule has 0 aromatic heterocycles. The zero-order valence-corrected chi connectivity index (χ0v) is 13.0. The van der Waals surface area contributed by atoms with Crippen molar-refractivity contribution in [1.82, 2.24) is 5.32 Å². The van der Waals surface area contributed by atoms with Gasteiger partial charge in [-0.3, -0.25) is 9.59 Å². The third-order valence-electron chi connectivity index (χ3n) is 4.17. The van der Waals surface area contributed by atoms with Gasteiger partial charge in [0.1, 0.15) is 5.75 Å². The molecule has 1 aliphatic rings. The Labute approximate surface area is 131 Å². The van der Waals surface area contributed by atoms with Crippen LogP contribution < -0.4 is 15.8 Å². The zero-order valence-electron chi connectivity index (χ0n) is 13.0. The number of hydrogen-bond donors (Lipinski definition) is 2. The van der Waals surface area contributed by atoms with Crippen molar-refractivity contribution in [3.63, 3.8) is 0 Å². The van der Waals surface area contributed by atoms with Crippen LogP contribution in [0.5, 0.6) is 5.75 Å². The van der Waals surface area contributed by atoms with Crippen molar-refractivity contribution in [2.45, 2.75) is 38.6 Å². The maximum absolute atomic E-state index is 12.0. The number of amides is 1. The molecule has 1 aliphatic carbocycles. The Morgan fingerprint density at radius 1 is 1.32 bits per heavy atom. The summed E-state index contributed by atoms with van der Waals surface area (Å²) in [5.74, 6) is 0.724. The molecular weight excluding hydrogens is 280 g/mol. The van der Waals surface area contributed by atoms with Crippen LogP contribution in [0.1, 0.15) is 43.0 Å². The zero-order chi connectivity index (χ0) is 15.9. The second-order valence-corrected chi connectivity index (χ2v) is 5.83. The summed E-state index contributed by atoms with van der Waals surface area (Å²) in [6.45, 7) is 2.06. The van der Waals surface area contributed by atoms with Crippen molar-refractivity contribution in [3.05, 3.63) is 29.8 Å². The summed E-state index contributed by atoms with van der Waals surface area (Å²) in [5, 5.41) is 3.02. The summed E-state index contributed by atoms with van der Waals surface area (Å²) < 4.78 is 5.47. The fraction of sp³-hybridized carbons (Fsp3) is 0.529. The van der Waals surface area contributed by atoms with Crippen LogP contribution in [0.2, 0.25) is 0 Å². The van der Waals surface area contributed by atoms with Crippen LogP contribution in [0.3, 0.4) is 0 Å². The minimum atomic E-state index is -0.140. The first-order chi connectivity index (χ1) is 10.6. The summed E-state index contributed by atoms with van der Waals surface area (Å²) in [7, 11) is 0. The Balaban J connectivity index is 1.84. The number of hydrogen-bond acceptors (Lipinski definition) is 4. The molecule has 0 spiro atoms. The smallest absolute Gasteiger partial charge is 0.258 e. The lowest BCUT2D eigenvalue weighted by Gasteiger charge is -2.31. The summed E-state index contributed by atoms with van der Waals surface area (Å²) >= 11 is 0. The first kappa shape index (κ1) is 16.5. The van der Waals surface area contributed by atoms with Crippen LogP contribution in [-0.4, -0.2) is 30.9 Å². The maximum atomic E-state index is 12.0. The maximum Gasteiger partial charge on any atom is 0.258 e.